The van der Waals surface area contributed by atoms with E-state index < -0.39 is 5.60 Å². The Morgan fingerprint density at radius 2 is 2.00 bits per heavy atom. The van der Waals surface area contributed by atoms with Crippen LogP contribution in [-0.4, -0.2) is 48.6 Å². The fourth-order valence-corrected chi connectivity index (χ4v) is 4.31. The molecule has 2 aromatic rings. The van der Waals surface area contributed by atoms with Crippen molar-refractivity contribution >= 4 is 23.2 Å². The quantitative estimate of drug-likeness (QED) is 0.774. The third-order valence-corrected chi connectivity index (χ3v) is 5.92. The normalized spacial score (nSPS) is 19.4. The van der Waals surface area contributed by atoms with Crippen molar-refractivity contribution in [3.63, 3.8) is 0 Å². The number of carbonyl (C=O) groups is 2. The van der Waals surface area contributed by atoms with E-state index >= 15 is 0 Å². The van der Waals surface area contributed by atoms with E-state index in [9.17, 15) is 9.59 Å². The molecule has 1 aromatic carbocycles. The number of nitrogens with one attached hydrogen (secondary N) is 1. The fourth-order valence-electron chi connectivity index (χ4n) is 3.57. The number of carbonyl (C=O) groups excluding carboxylic acids is 2. The van der Waals surface area contributed by atoms with Crippen LogP contribution in [0.4, 0.5) is 0 Å². The topological polar surface area (TPSA) is 58.6 Å². The molecule has 6 heteroatoms. The molecule has 28 heavy (non-hydrogen) atoms. The first kappa shape index (κ1) is 20.6. The lowest BCUT2D eigenvalue weighted by Gasteiger charge is -2.41. The molecule has 1 aliphatic heterocycles. The average Bonchev–Trinajstić information content (AvgIpc) is 3.24. The van der Waals surface area contributed by atoms with Crippen LogP contribution in [0.1, 0.15) is 32.3 Å². The first-order chi connectivity index (χ1) is 13.6. The summed E-state index contributed by atoms with van der Waals surface area (Å²) in [6.45, 7) is 5.63. The van der Waals surface area contributed by atoms with E-state index in [1.165, 1.54) is 4.88 Å². The Kier molecular flexibility index (Phi) is 6.86. The first-order valence-electron chi connectivity index (χ1n) is 9.91. The molecule has 0 saturated carbocycles. The van der Waals surface area contributed by atoms with Crippen LogP contribution in [0.2, 0.25) is 0 Å². The summed E-state index contributed by atoms with van der Waals surface area (Å²) < 4.78 is 6.04. The number of rotatable bonds is 7. The summed E-state index contributed by atoms with van der Waals surface area (Å²) in [5.41, 5.74) is 1.15. The highest BCUT2D eigenvalue weighted by molar-refractivity contribution is 7.13. The average molecular weight is 401 g/mol. The molecular weight excluding hydrogens is 372 g/mol. The number of nitrogens with zero attached hydrogens (tertiary/aromatic N) is 1. The lowest BCUT2D eigenvalue weighted by Crippen LogP contribution is -2.62. The molecule has 2 amide bonds. The summed E-state index contributed by atoms with van der Waals surface area (Å²) in [4.78, 5) is 28.4. The lowest BCUT2D eigenvalue weighted by atomic mass is 9.90. The summed E-state index contributed by atoms with van der Waals surface area (Å²) in [7, 11) is 0. The molecule has 1 aromatic heterocycles. The predicted octanol–water partition coefficient (Wildman–Crippen LogP) is 3.49. The van der Waals surface area contributed by atoms with Crippen LogP contribution < -0.4 is 5.32 Å². The third kappa shape index (κ3) is 4.62. The van der Waals surface area contributed by atoms with Gasteiger partial charge in [0.15, 0.2) is 5.60 Å². The molecule has 1 aliphatic rings. The minimum absolute atomic E-state index is 0.0903. The molecule has 0 radical (unpaired) electrons. The summed E-state index contributed by atoms with van der Waals surface area (Å²) >= 11 is 1.70. The van der Waals surface area contributed by atoms with Crippen molar-refractivity contribution in [3.8, 4) is 10.4 Å². The van der Waals surface area contributed by atoms with Gasteiger partial charge >= 0.3 is 0 Å². The molecular formula is C22H28N2O3S. The molecule has 0 bridgehead atoms. The number of amides is 2. The van der Waals surface area contributed by atoms with E-state index in [-0.39, 0.29) is 11.8 Å². The zero-order valence-electron chi connectivity index (χ0n) is 16.6. The largest absolute Gasteiger partial charge is 0.361 e. The summed E-state index contributed by atoms with van der Waals surface area (Å²) in [6.07, 6.45) is 1.75. The number of benzene rings is 1. The van der Waals surface area contributed by atoms with E-state index in [4.69, 9.17) is 4.74 Å². The van der Waals surface area contributed by atoms with Crippen molar-refractivity contribution in [2.75, 3.05) is 26.2 Å². The van der Waals surface area contributed by atoms with Crippen molar-refractivity contribution < 1.29 is 14.3 Å². The van der Waals surface area contributed by atoms with Crippen LogP contribution in [0.25, 0.3) is 10.4 Å². The second kappa shape index (κ2) is 9.34. The summed E-state index contributed by atoms with van der Waals surface area (Å²) in [6, 6.07) is 12.4. The van der Waals surface area contributed by atoms with Gasteiger partial charge in [0, 0.05) is 30.8 Å². The second-order valence-corrected chi connectivity index (χ2v) is 8.07. The van der Waals surface area contributed by atoms with E-state index in [0.29, 0.717) is 39.1 Å². The Labute approximate surface area is 170 Å². The van der Waals surface area contributed by atoms with Crippen molar-refractivity contribution in [2.45, 2.75) is 38.7 Å². The maximum Gasteiger partial charge on any atom is 0.254 e. The van der Waals surface area contributed by atoms with Crippen molar-refractivity contribution in [1.29, 1.82) is 0 Å². The van der Waals surface area contributed by atoms with Gasteiger partial charge in [-0.15, -0.1) is 11.3 Å². The fraction of sp³-hybridized carbons (Fsp3) is 0.455. The molecule has 1 N–H and O–H groups in total. The first-order valence-corrected chi connectivity index (χ1v) is 10.8. The van der Waals surface area contributed by atoms with Gasteiger partial charge in [0.25, 0.3) is 5.91 Å². The zero-order chi connectivity index (χ0) is 20.0. The van der Waals surface area contributed by atoms with Crippen LogP contribution in [-0.2, 0) is 20.7 Å². The van der Waals surface area contributed by atoms with Gasteiger partial charge in [0.05, 0.1) is 13.2 Å². The third-order valence-electron chi connectivity index (χ3n) is 5.00. The molecule has 1 atom stereocenters. The molecule has 5 nitrogen and oxygen atoms in total. The second-order valence-electron chi connectivity index (χ2n) is 7.12. The van der Waals surface area contributed by atoms with Gasteiger partial charge in [-0.05, 0) is 35.9 Å². The number of hydrogen-bond acceptors (Lipinski definition) is 4. The van der Waals surface area contributed by atoms with Crippen molar-refractivity contribution in [2.24, 2.45) is 0 Å². The van der Waals surface area contributed by atoms with Crippen LogP contribution in [0.5, 0.6) is 0 Å². The lowest BCUT2D eigenvalue weighted by molar-refractivity contribution is -0.166. The molecule has 1 saturated heterocycles. The molecule has 0 aliphatic carbocycles. The predicted molar refractivity (Wildman–Crippen MR) is 112 cm³/mol. The Balaban J connectivity index is 1.81. The van der Waals surface area contributed by atoms with Gasteiger partial charge in [0.1, 0.15) is 0 Å². The standard InChI is InChI=1S/C22H28N2O3S/c1-3-6-20(25)24-12-13-27-22(16-24,21(26)23-4-2)15-17-8-10-18(11-9-17)19-7-5-14-28-19/h5,7-11,14H,3-4,6,12-13,15-16H2,1-2H3,(H,23,26)/t22-/m0/s1. The van der Waals surface area contributed by atoms with E-state index in [1.807, 2.05) is 32.0 Å². The number of ether oxygens (including phenoxy) is 1. The van der Waals surface area contributed by atoms with Crippen molar-refractivity contribution in [1.82, 2.24) is 10.2 Å². The summed E-state index contributed by atoms with van der Waals surface area (Å²) in [5.74, 6) is -0.0566. The molecule has 0 unspecified atom stereocenters. The number of thiophene rings is 1. The molecule has 3 rings (SSSR count). The maximum absolute atomic E-state index is 12.9. The SMILES string of the molecule is CCCC(=O)N1CCO[C@](Cc2ccc(-c3cccs3)cc2)(C(=O)NCC)C1. The molecule has 1 fully saturated rings. The van der Waals surface area contributed by atoms with Crippen molar-refractivity contribution in [3.05, 3.63) is 47.3 Å². The van der Waals surface area contributed by atoms with Crippen LogP contribution in [0.3, 0.4) is 0 Å². The van der Waals surface area contributed by atoms with E-state index in [2.05, 4.69) is 28.9 Å². The maximum atomic E-state index is 12.9. The smallest absolute Gasteiger partial charge is 0.254 e. The Morgan fingerprint density at radius 1 is 1.21 bits per heavy atom. The highest BCUT2D eigenvalue weighted by Gasteiger charge is 2.44. The van der Waals surface area contributed by atoms with Gasteiger partial charge in [-0.2, -0.15) is 0 Å². The van der Waals surface area contributed by atoms with E-state index in [1.54, 1.807) is 16.2 Å². The zero-order valence-corrected chi connectivity index (χ0v) is 17.4. The molecule has 0 spiro atoms. The Morgan fingerprint density at radius 3 is 2.64 bits per heavy atom. The van der Waals surface area contributed by atoms with Crippen LogP contribution in [0.15, 0.2) is 41.8 Å². The van der Waals surface area contributed by atoms with Crippen LogP contribution >= 0.6 is 11.3 Å². The number of likely N-dealkylation sites (N-methyl/N-ethyl adjacent to an activating group) is 1. The van der Waals surface area contributed by atoms with E-state index in [0.717, 1.165) is 17.5 Å². The van der Waals surface area contributed by atoms with Crippen LogP contribution in [0, 0.1) is 0 Å². The summed E-state index contributed by atoms with van der Waals surface area (Å²) in [5, 5.41) is 4.96. The number of morpholine rings is 1. The molecule has 150 valence electrons. The minimum atomic E-state index is -1.04. The minimum Gasteiger partial charge on any atom is -0.361 e. The van der Waals surface area contributed by atoms with Gasteiger partial charge in [0.2, 0.25) is 5.91 Å². The molecule has 2 heterocycles. The monoisotopic (exact) mass is 400 g/mol. The number of hydrogen-bond donors (Lipinski definition) is 1. The Hall–Kier alpha value is -2.18. The highest BCUT2D eigenvalue weighted by atomic mass is 32.1. The van der Waals surface area contributed by atoms with Gasteiger partial charge < -0.3 is 15.0 Å². The Bertz CT molecular complexity index is 789. The highest BCUT2D eigenvalue weighted by Crippen LogP contribution is 2.28. The van der Waals surface area contributed by atoms with Gasteiger partial charge in [-0.1, -0.05) is 37.3 Å². The van der Waals surface area contributed by atoms with Gasteiger partial charge in [-0.3, -0.25) is 9.59 Å². The van der Waals surface area contributed by atoms with Gasteiger partial charge in [-0.25, -0.2) is 0 Å².